The quantitative estimate of drug-likeness (QED) is 0.498. The van der Waals surface area contributed by atoms with Gasteiger partial charge >= 0.3 is 6.18 Å². The number of hydrogen-bond donors (Lipinski definition) is 1. The Balaban J connectivity index is 1.51. The minimum Gasteiger partial charge on any atom is -0.351 e. The first-order chi connectivity index (χ1) is 13.4. The number of carbonyl (C=O) groups is 1. The van der Waals surface area contributed by atoms with E-state index in [-0.39, 0.29) is 18.2 Å². The van der Waals surface area contributed by atoms with Gasteiger partial charge in [-0.15, -0.1) is 0 Å². The first-order valence-corrected chi connectivity index (χ1v) is 9.20. The Morgan fingerprint density at radius 2 is 1.75 bits per heavy atom. The SMILES string of the molecule is O=C(CSc1nccc(-c2ccccn2)n1)NCc1ccc(C(F)(F)F)cc1. The second-order valence-corrected chi connectivity index (χ2v) is 6.64. The maximum Gasteiger partial charge on any atom is 0.416 e. The zero-order valence-electron chi connectivity index (χ0n) is 14.5. The van der Waals surface area contributed by atoms with Gasteiger partial charge in [-0.3, -0.25) is 9.78 Å². The summed E-state index contributed by atoms with van der Waals surface area (Å²) in [6.45, 7) is 0.145. The molecule has 0 saturated carbocycles. The van der Waals surface area contributed by atoms with E-state index >= 15 is 0 Å². The molecule has 5 nitrogen and oxygen atoms in total. The Hall–Kier alpha value is -2.94. The molecular formula is C19H15F3N4OS. The average Bonchev–Trinajstić information content (AvgIpc) is 2.71. The van der Waals surface area contributed by atoms with E-state index in [4.69, 9.17) is 0 Å². The van der Waals surface area contributed by atoms with Crippen molar-refractivity contribution in [3.05, 3.63) is 72.1 Å². The highest BCUT2D eigenvalue weighted by Gasteiger charge is 2.29. The van der Waals surface area contributed by atoms with E-state index in [0.29, 0.717) is 22.1 Å². The van der Waals surface area contributed by atoms with Crippen LogP contribution in [-0.4, -0.2) is 26.6 Å². The third-order valence-corrected chi connectivity index (χ3v) is 4.53. The molecule has 0 aliphatic heterocycles. The van der Waals surface area contributed by atoms with E-state index in [2.05, 4.69) is 20.3 Å². The molecule has 3 rings (SSSR count). The number of rotatable bonds is 6. The summed E-state index contributed by atoms with van der Waals surface area (Å²) in [6.07, 6.45) is -1.11. The highest BCUT2D eigenvalue weighted by molar-refractivity contribution is 7.99. The first-order valence-electron chi connectivity index (χ1n) is 8.22. The Morgan fingerprint density at radius 3 is 2.43 bits per heavy atom. The van der Waals surface area contributed by atoms with Gasteiger partial charge < -0.3 is 5.32 Å². The smallest absolute Gasteiger partial charge is 0.351 e. The predicted molar refractivity (Wildman–Crippen MR) is 99.3 cm³/mol. The van der Waals surface area contributed by atoms with Gasteiger partial charge in [-0.25, -0.2) is 9.97 Å². The van der Waals surface area contributed by atoms with Crippen LogP contribution in [0.3, 0.4) is 0 Å². The molecule has 2 heterocycles. The molecule has 28 heavy (non-hydrogen) atoms. The molecule has 0 saturated heterocycles. The lowest BCUT2D eigenvalue weighted by Crippen LogP contribution is -2.24. The number of carbonyl (C=O) groups excluding carboxylic acids is 1. The molecule has 0 atom stereocenters. The van der Waals surface area contributed by atoms with Gasteiger partial charge in [-0.1, -0.05) is 30.0 Å². The molecule has 0 unspecified atom stereocenters. The van der Waals surface area contributed by atoms with E-state index in [0.717, 1.165) is 12.1 Å². The molecule has 0 fully saturated rings. The molecule has 9 heteroatoms. The van der Waals surface area contributed by atoms with Crippen LogP contribution < -0.4 is 5.32 Å². The number of hydrogen-bond acceptors (Lipinski definition) is 5. The maximum absolute atomic E-state index is 12.5. The molecule has 0 spiro atoms. The molecular weight excluding hydrogens is 389 g/mol. The number of nitrogens with one attached hydrogen (secondary N) is 1. The predicted octanol–water partition coefficient (Wildman–Crippen LogP) is 3.97. The Morgan fingerprint density at radius 1 is 0.964 bits per heavy atom. The molecule has 0 bridgehead atoms. The first kappa shape index (κ1) is 19.8. The number of benzene rings is 1. The summed E-state index contributed by atoms with van der Waals surface area (Å²) >= 11 is 1.17. The van der Waals surface area contributed by atoms with Crippen molar-refractivity contribution in [1.29, 1.82) is 0 Å². The van der Waals surface area contributed by atoms with Gasteiger partial charge in [0.05, 0.1) is 22.7 Å². The number of alkyl halides is 3. The van der Waals surface area contributed by atoms with Gasteiger partial charge in [0.15, 0.2) is 5.16 Å². The van der Waals surface area contributed by atoms with Gasteiger partial charge in [0.1, 0.15) is 0 Å². The van der Waals surface area contributed by atoms with Crippen LogP contribution in [-0.2, 0) is 17.5 Å². The fourth-order valence-corrected chi connectivity index (χ4v) is 2.92. The summed E-state index contributed by atoms with van der Waals surface area (Å²) in [5.74, 6) is -0.177. The highest BCUT2D eigenvalue weighted by atomic mass is 32.2. The number of nitrogens with zero attached hydrogens (tertiary/aromatic N) is 3. The molecule has 144 valence electrons. The van der Waals surface area contributed by atoms with Gasteiger partial charge in [-0.05, 0) is 35.9 Å². The van der Waals surface area contributed by atoms with Crippen molar-refractivity contribution in [2.24, 2.45) is 0 Å². The fourth-order valence-electron chi connectivity index (χ4n) is 2.26. The van der Waals surface area contributed by atoms with E-state index in [1.165, 1.54) is 23.9 Å². The average molecular weight is 404 g/mol. The van der Waals surface area contributed by atoms with E-state index < -0.39 is 11.7 Å². The van der Waals surface area contributed by atoms with Crippen LogP contribution in [0.2, 0.25) is 0 Å². The van der Waals surface area contributed by atoms with Crippen LogP contribution in [0.5, 0.6) is 0 Å². The molecule has 1 amide bonds. The van der Waals surface area contributed by atoms with E-state index in [1.807, 2.05) is 12.1 Å². The highest BCUT2D eigenvalue weighted by Crippen LogP contribution is 2.29. The van der Waals surface area contributed by atoms with Crippen molar-refractivity contribution in [2.45, 2.75) is 17.9 Å². The number of aromatic nitrogens is 3. The van der Waals surface area contributed by atoms with Gasteiger partial charge in [0.25, 0.3) is 0 Å². The molecule has 2 aromatic heterocycles. The minimum atomic E-state index is -4.37. The van der Waals surface area contributed by atoms with Crippen LogP contribution in [0.25, 0.3) is 11.4 Å². The monoisotopic (exact) mass is 404 g/mol. The second kappa shape index (κ2) is 8.83. The van der Waals surface area contributed by atoms with Crippen molar-refractivity contribution in [2.75, 3.05) is 5.75 Å². The number of thioether (sulfide) groups is 1. The van der Waals surface area contributed by atoms with Crippen LogP contribution >= 0.6 is 11.8 Å². The van der Waals surface area contributed by atoms with Crippen LogP contribution in [0.4, 0.5) is 13.2 Å². The van der Waals surface area contributed by atoms with Crippen molar-refractivity contribution in [3.63, 3.8) is 0 Å². The van der Waals surface area contributed by atoms with Gasteiger partial charge in [0, 0.05) is 18.9 Å². The fraction of sp³-hybridized carbons (Fsp3) is 0.158. The Bertz CT molecular complexity index is 934. The maximum atomic E-state index is 12.5. The largest absolute Gasteiger partial charge is 0.416 e. The van der Waals surface area contributed by atoms with E-state index in [9.17, 15) is 18.0 Å². The van der Waals surface area contributed by atoms with Crippen molar-refractivity contribution < 1.29 is 18.0 Å². The summed E-state index contributed by atoms with van der Waals surface area (Å²) in [5, 5.41) is 3.10. The minimum absolute atomic E-state index is 0.0896. The molecule has 0 radical (unpaired) electrons. The van der Waals surface area contributed by atoms with Crippen LogP contribution in [0.15, 0.2) is 66.1 Å². The summed E-state index contributed by atoms with van der Waals surface area (Å²) in [7, 11) is 0. The Labute approximate surface area is 163 Å². The molecule has 0 aliphatic carbocycles. The van der Waals surface area contributed by atoms with Gasteiger partial charge in [-0.2, -0.15) is 13.2 Å². The zero-order chi connectivity index (χ0) is 20.0. The van der Waals surface area contributed by atoms with Crippen molar-refractivity contribution in [3.8, 4) is 11.4 Å². The van der Waals surface area contributed by atoms with Crippen LogP contribution in [0.1, 0.15) is 11.1 Å². The topological polar surface area (TPSA) is 67.8 Å². The van der Waals surface area contributed by atoms with Crippen LogP contribution in [0, 0.1) is 0 Å². The molecule has 1 N–H and O–H groups in total. The normalized spacial score (nSPS) is 11.2. The third kappa shape index (κ3) is 5.53. The lowest BCUT2D eigenvalue weighted by Gasteiger charge is -2.08. The Kier molecular flexibility index (Phi) is 6.25. The molecule has 0 aliphatic rings. The molecule has 1 aromatic carbocycles. The summed E-state index contributed by atoms with van der Waals surface area (Å²) in [5.41, 5.74) is 1.23. The third-order valence-electron chi connectivity index (χ3n) is 3.66. The second-order valence-electron chi connectivity index (χ2n) is 5.70. The summed E-state index contributed by atoms with van der Waals surface area (Å²) in [6, 6.07) is 11.9. The summed E-state index contributed by atoms with van der Waals surface area (Å²) in [4.78, 5) is 24.7. The number of amides is 1. The lowest BCUT2D eigenvalue weighted by atomic mass is 10.1. The lowest BCUT2D eigenvalue weighted by molar-refractivity contribution is -0.137. The van der Waals surface area contributed by atoms with Crippen molar-refractivity contribution in [1.82, 2.24) is 20.3 Å². The van der Waals surface area contributed by atoms with E-state index in [1.54, 1.807) is 24.5 Å². The van der Waals surface area contributed by atoms with Crippen molar-refractivity contribution >= 4 is 17.7 Å². The summed E-state index contributed by atoms with van der Waals surface area (Å²) < 4.78 is 37.6. The number of halogens is 3. The zero-order valence-corrected chi connectivity index (χ0v) is 15.3. The number of pyridine rings is 1. The van der Waals surface area contributed by atoms with Gasteiger partial charge in [0.2, 0.25) is 5.91 Å². The standard InChI is InChI=1S/C19H15F3N4OS/c20-19(21,22)14-6-4-13(5-7-14)11-25-17(27)12-28-18-24-10-8-16(26-18)15-3-1-2-9-23-15/h1-10H,11-12H2,(H,25,27). The molecule has 3 aromatic rings.